The van der Waals surface area contributed by atoms with Crippen LogP contribution in [0.4, 0.5) is 0 Å². The van der Waals surface area contributed by atoms with E-state index in [0.29, 0.717) is 0 Å². The molecule has 0 aliphatic heterocycles. The van der Waals surface area contributed by atoms with Gasteiger partial charge in [0, 0.05) is 0 Å². The van der Waals surface area contributed by atoms with Crippen molar-refractivity contribution in [3.8, 4) is 11.4 Å². The number of imidazole rings is 1. The predicted molar refractivity (Wildman–Crippen MR) is 103 cm³/mol. The second kappa shape index (κ2) is 7.05. The molecule has 0 unspecified atom stereocenters. The van der Waals surface area contributed by atoms with Crippen LogP contribution in [0.1, 0.15) is 33.4 Å². The summed E-state index contributed by atoms with van der Waals surface area (Å²) in [5.41, 5.74) is 10.2. The minimum absolute atomic E-state index is 0.423. The van der Waals surface area contributed by atoms with Gasteiger partial charge in [0.15, 0.2) is 0 Å². The van der Waals surface area contributed by atoms with Crippen molar-refractivity contribution in [2.75, 3.05) is 0 Å². The summed E-state index contributed by atoms with van der Waals surface area (Å²) >= 11 is -0.423. The van der Waals surface area contributed by atoms with Crippen molar-refractivity contribution in [1.82, 2.24) is 9.13 Å². The average Bonchev–Trinajstić information content (AvgIpc) is 2.88. The minimum atomic E-state index is -0.423. The van der Waals surface area contributed by atoms with E-state index >= 15 is 0 Å². The van der Waals surface area contributed by atoms with Gasteiger partial charge in [-0.2, -0.15) is 0 Å². The van der Waals surface area contributed by atoms with Crippen LogP contribution in [0.3, 0.4) is 0 Å². The van der Waals surface area contributed by atoms with E-state index in [1.165, 1.54) is 48.8 Å². The molecule has 0 saturated carbocycles. The first kappa shape index (κ1) is 18.4. The van der Waals surface area contributed by atoms with Gasteiger partial charge in [0.25, 0.3) is 0 Å². The van der Waals surface area contributed by atoms with E-state index in [9.17, 15) is 0 Å². The molecule has 0 amide bonds. The van der Waals surface area contributed by atoms with Crippen LogP contribution in [-0.2, 0) is 15.7 Å². The number of halogens is 1. The van der Waals surface area contributed by atoms with Crippen LogP contribution >= 0.6 is 9.69 Å². The second-order valence-corrected chi connectivity index (χ2v) is 8.75. The Morgan fingerprint density at radius 3 is 1.24 bits per heavy atom. The van der Waals surface area contributed by atoms with Crippen molar-refractivity contribution in [2.45, 2.75) is 41.5 Å². The fraction of sp³-hybridized carbons (Fsp3) is 0.286. The van der Waals surface area contributed by atoms with Crippen molar-refractivity contribution in [2.24, 2.45) is 0 Å². The first-order valence-corrected chi connectivity index (χ1v) is 11.5. The van der Waals surface area contributed by atoms with Crippen LogP contribution in [0.2, 0.25) is 0 Å². The van der Waals surface area contributed by atoms with Gasteiger partial charge in [-0.25, -0.2) is 0 Å². The quantitative estimate of drug-likeness (QED) is 0.440. The molecule has 1 heterocycles. The number of hydrogen-bond donors (Lipinski definition) is 0. The van der Waals surface area contributed by atoms with Crippen LogP contribution in [0, 0.1) is 45.6 Å². The molecule has 2 aromatic carbocycles. The second-order valence-electron chi connectivity index (χ2n) is 6.86. The zero-order valence-corrected chi connectivity index (χ0v) is 18.1. The Bertz CT molecular complexity index is 901. The fourth-order valence-corrected chi connectivity index (χ4v) is 5.59. The number of nitrogens with zero attached hydrogens (tertiary/aromatic N) is 2. The van der Waals surface area contributed by atoms with Crippen LogP contribution < -0.4 is 0 Å². The van der Waals surface area contributed by atoms with Gasteiger partial charge < -0.3 is 0 Å². The molecular weight excluding hydrogens is 417 g/mol. The molecular formula is C21H24ClN2Ru. The molecule has 0 atom stereocenters. The molecule has 3 rings (SSSR count). The Balaban J connectivity index is 2.31. The Kier molecular flexibility index (Phi) is 5.18. The fourth-order valence-electron chi connectivity index (χ4n) is 3.87. The molecule has 0 N–H and O–H groups in total. The average molecular weight is 441 g/mol. The van der Waals surface area contributed by atoms with Gasteiger partial charge in [-0.05, 0) is 0 Å². The van der Waals surface area contributed by atoms with Crippen LogP contribution in [0.25, 0.3) is 11.4 Å². The van der Waals surface area contributed by atoms with Crippen molar-refractivity contribution in [3.63, 3.8) is 0 Å². The Morgan fingerprint density at radius 2 is 0.960 bits per heavy atom. The van der Waals surface area contributed by atoms with E-state index < -0.39 is 15.7 Å². The number of aryl methyl sites for hydroxylation is 6. The summed E-state index contributed by atoms with van der Waals surface area (Å²) in [6, 6.07) is 8.96. The van der Waals surface area contributed by atoms with Crippen molar-refractivity contribution >= 4 is 9.69 Å². The molecule has 2 nitrogen and oxygen atoms in total. The predicted octanol–water partition coefficient (Wildman–Crippen LogP) is 5.89. The van der Waals surface area contributed by atoms with Gasteiger partial charge in [-0.15, -0.1) is 0 Å². The Labute approximate surface area is 161 Å². The molecule has 0 spiro atoms. The molecule has 0 aliphatic rings. The van der Waals surface area contributed by atoms with Gasteiger partial charge in [-0.3, -0.25) is 0 Å². The number of aromatic nitrogens is 2. The van der Waals surface area contributed by atoms with Gasteiger partial charge in [0.1, 0.15) is 0 Å². The topological polar surface area (TPSA) is 9.86 Å². The zero-order chi connectivity index (χ0) is 18.3. The van der Waals surface area contributed by atoms with E-state index in [1.807, 2.05) is 0 Å². The summed E-state index contributed by atoms with van der Waals surface area (Å²) in [6.07, 6.45) is 4.30. The third-order valence-electron chi connectivity index (χ3n) is 4.56. The summed E-state index contributed by atoms with van der Waals surface area (Å²) in [6.45, 7) is 13.0. The molecule has 0 aliphatic carbocycles. The molecule has 0 saturated heterocycles. The monoisotopic (exact) mass is 441 g/mol. The maximum atomic E-state index is 6.50. The maximum absolute atomic E-state index is 6.50. The summed E-state index contributed by atoms with van der Waals surface area (Å²) in [4.78, 5) is 0. The molecule has 3 aromatic rings. The van der Waals surface area contributed by atoms with Crippen molar-refractivity contribution < 1.29 is 15.7 Å². The summed E-state index contributed by atoms with van der Waals surface area (Å²) in [5, 5.41) is 0. The molecule has 0 fully saturated rings. The van der Waals surface area contributed by atoms with Gasteiger partial charge in [-0.1, -0.05) is 0 Å². The van der Waals surface area contributed by atoms with Crippen molar-refractivity contribution in [3.05, 3.63) is 74.1 Å². The summed E-state index contributed by atoms with van der Waals surface area (Å²) in [5.74, 6) is 0. The zero-order valence-electron chi connectivity index (χ0n) is 15.6. The standard InChI is InChI=1S/C21H24N2.ClH.Ru/c1-14-9-16(3)20(17(4)10-14)22-7-8-23(13-22)21-18(5)11-15(2)12-19(21)6;;/h7-12H,1-6H3;1H;/q;;+1/p-1. The van der Waals surface area contributed by atoms with Gasteiger partial charge >= 0.3 is 161 Å². The molecule has 1 aromatic heterocycles. The van der Waals surface area contributed by atoms with E-state index in [4.69, 9.17) is 9.69 Å². The Morgan fingerprint density at radius 1 is 0.640 bits per heavy atom. The number of rotatable bonds is 2. The van der Waals surface area contributed by atoms with E-state index in [1.54, 1.807) is 0 Å². The van der Waals surface area contributed by atoms with Crippen LogP contribution in [0.5, 0.6) is 0 Å². The SMILES string of the molecule is Cc1cc(C)c(-n2ccn(-c3c(C)cc(C)cc3C)[c]2=[Ru][Cl])c(C)c1. The Hall–Kier alpha value is -1.44. The van der Waals surface area contributed by atoms with Gasteiger partial charge in [0.2, 0.25) is 0 Å². The molecule has 0 radical (unpaired) electrons. The van der Waals surface area contributed by atoms with E-state index in [-0.39, 0.29) is 0 Å². The van der Waals surface area contributed by atoms with Crippen molar-refractivity contribution in [1.29, 1.82) is 0 Å². The third kappa shape index (κ3) is 3.33. The number of benzene rings is 2. The summed E-state index contributed by atoms with van der Waals surface area (Å²) in [7, 11) is 6.50. The number of hydrogen-bond acceptors (Lipinski definition) is 0. The normalized spacial score (nSPS) is 11.2. The van der Waals surface area contributed by atoms with Gasteiger partial charge in [0.05, 0.1) is 0 Å². The first-order chi connectivity index (χ1) is 11.8. The van der Waals surface area contributed by atoms with Crippen LogP contribution in [0.15, 0.2) is 36.7 Å². The first-order valence-electron chi connectivity index (χ1n) is 8.36. The van der Waals surface area contributed by atoms with E-state index in [0.717, 1.165) is 0 Å². The van der Waals surface area contributed by atoms with Crippen LogP contribution in [-0.4, -0.2) is 9.13 Å². The molecule has 4 heteroatoms. The molecule has 133 valence electrons. The van der Waals surface area contributed by atoms with E-state index in [2.05, 4.69) is 87.3 Å². The third-order valence-corrected chi connectivity index (χ3v) is 6.40. The molecule has 0 bridgehead atoms. The summed E-state index contributed by atoms with van der Waals surface area (Å²) < 4.78 is 5.71. The molecule has 25 heavy (non-hydrogen) atoms.